The Kier molecular flexibility index (Phi) is 11.9. The molecule has 1 aromatic carbocycles. The standard InChI is InChI=1S/C7H8O2.2C2H6/c1-9-7-5-3-2-4-6(7)8;2*1-2/h2-5,8H,1H3;2*1-2H3. The van der Waals surface area contributed by atoms with Gasteiger partial charge in [0.15, 0.2) is 11.5 Å². The predicted octanol–water partition coefficient (Wildman–Crippen LogP) is 3.45. The zero-order valence-corrected chi connectivity index (χ0v) is 9.16. The van der Waals surface area contributed by atoms with Crippen LogP contribution in [0.1, 0.15) is 27.7 Å². The Bertz CT molecular complexity index is 197. The van der Waals surface area contributed by atoms with Gasteiger partial charge < -0.3 is 9.84 Å². The first kappa shape index (κ1) is 14.3. The number of hydrogen-bond donors (Lipinski definition) is 1. The third-order valence-corrected chi connectivity index (χ3v) is 1.09. The Morgan fingerprint density at radius 3 is 1.77 bits per heavy atom. The van der Waals surface area contributed by atoms with E-state index in [1.54, 1.807) is 24.3 Å². The Morgan fingerprint density at radius 1 is 1.00 bits per heavy atom. The molecule has 0 saturated heterocycles. The van der Waals surface area contributed by atoms with Crippen molar-refractivity contribution in [1.29, 1.82) is 0 Å². The van der Waals surface area contributed by atoms with Crippen molar-refractivity contribution in [2.24, 2.45) is 0 Å². The fourth-order valence-electron chi connectivity index (χ4n) is 0.630. The molecule has 0 unspecified atom stereocenters. The van der Waals surface area contributed by atoms with Crippen LogP contribution in [-0.2, 0) is 0 Å². The monoisotopic (exact) mass is 184 g/mol. The summed E-state index contributed by atoms with van der Waals surface area (Å²) in [6, 6.07) is 6.84. The van der Waals surface area contributed by atoms with E-state index in [2.05, 4.69) is 0 Å². The minimum absolute atomic E-state index is 0.181. The van der Waals surface area contributed by atoms with E-state index in [0.29, 0.717) is 5.75 Å². The van der Waals surface area contributed by atoms with Gasteiger partial charge in [0.2, 0.25) is 0 Å². The highest BCUT2D eigenvalue weighted by atomic mass is 16.5. The minimum atomic E-state index is 0.181. The molecule has 0 aromatic heterocycles. The van der Waals surface area contributed by atoms with Crippen LogP contribution in [0, 0.1) is 0 Å². The summed E-state index contributed by atoms with van der Waals surface area (Å²) >= 11 is 0. The molecule has 0 atom stereocenters. The van der Waals surface area contributed by atoms with Gasteiger partial charge in [-0.3, -0.25) is 0 Å². The number of para-hydroxylation sites is 2. The Balaban J connectivity index is 0. The molecule has 0 fully saturated rings. The number of phenols is 1. The fraction of sp³-hybridized carbons (Fsp3) is 0.455. The van der Waals surface area contributed by atoms with Crippen LogP contribution in [0.4, 0.5) is 0 Å². The first-order chi connectivity index (χ1) is 6.34. The molecule has 2 heteroatoms. The molecule has 0 aliphatic carbocycles. The average molecular weight is 184 g/mol. The molecule has 76 valence electrons. The Morgan fingerprint density at radius 2 is 1.46 bits per heavy atom. The van der Waals surface area contributed by atoms with Crippen LogP contribution in [0.2, 0.25) is 0 Å². The van der Waals surface area contributed by atoms with Crippen LogP contribution >= 0.6 is 0 Å². The first-order valence-electron chi connectivity index (χ1n) is 4.66. The third-order valence-electron chi connectivity index (χ3n) is 1.09. The molecule has 0 aliphatic rings. The van der Waals surface area contributed by atoms with Crippen LogP contribution in [0.25, 0.3) is 0 Å². The lowest BCUT2D eigenvalue weighted by atomic mass is 10.3. The molecule has 0 bridgehead atoms. The lowest BCUT2D eigenvalue weighted by Gasteiger charge is -1.99. The van der Waals surface area contributed by atoms with Gasteiger partial charge in [-0.05, 0) is 12.1 Å². The van der Waals surface area contributed by atoms with Gasteiger partial charge in [0.1, 0.15) is 0 Å². The van der Waals surface area contributed by atoms with Crippen LogP contribution in [0.15, 0.2) is 24.3 Å². The third kappa shape index (κ3) is 6.02. The highest BCUT2D eigenvalue weighted by molar-refractivity contribution is 5.37. The van der Waals surface area contributed by atoms with E-state index in [4.69, 9.17) is 9.84 Å². The maximum absolute atomic E-state index is 8.99. The second-order valence-corrected chi connectivity index (χ2v) is 1.67. The van der Waals surface area contributed by atoms with Crippen molar-refractivity contribution in [1.82, 2.24) is 0 Å². The molecule has 0 spiro atoms. The molecule has 13 heavy (non-hydrogen) atoms. The van der Waals surface area contributed by atoms with Gasteiger partial charge in [-0.1, -0.05) is 39.8 Å². The second-order valence-electron chi connectivity index (χ2n) is 1.67. The Labute approximate surface area is 81.2 Å². The lowest BCUT2D eigenvalue weighted by molar-refractivity contribution is 0.373. The molecule has 0 amide bonds. The van der Waals surface area contributed by atoms with E-state index in [1.807, 2.05) is 27.7 Å². The topological polar surface area (TPSA) is 29.5 Å². The molecular formula is C11H20O2. The average Bonchev–Trinajstić information content (AvgIpc) is 2.24. The molecule has 2 nitrogen and oxygen atoms in total. The van der Waals surface area contributed by atoms with E-state index in [1.165, 1.54) is 7.11 Å². The summed E-state index contributed by atoms with van der Waals surface area (Å²) in [5, 5.41) is 8.99. The van der Waals surface area contributed by atoms with Gasteiger partial charge >= 0.3 is 0 Å². The first-order valence-corrected chi connectivity index (χ1v) is 4.66. The second kappa shape index (κ2) is 10.8. The number of hydrogen-bond acceptors (Lipinski definition) is 2. The molecule has 1 N–H and O–H groups in total. The quantitative estimate of drug-likeness (QED) is 0.724. The van der Waals surface area contributed by atoms with Gasteiger partial charge in [0, 0.05) is 0 Å². The smallest absolute Gasteiger partial charge is 0.160 e. The largest absolute Gasteiger partial charge is 0.504 e. The number of aromatic hydroxyl groups is 1. The minimum Gasteiger partial charge on any atom is -0.504 e. The number of benzene rings is 1. The summed E-state index contributed by atoms with van der Waals surface area (Å²) in [7, 11) is 1.52. The Hall–Kier alpha value is -1.18. The SMILES string of the molecule is CC.CC.COc1ccccc1O. The lowest BCUT2D eigenvalue weighted by Crippen LogP contribution is -1.80. The summed E-state index contributed by atoms with van der Waals surface area (Å²) in [5.41, 5.74) is 0. The van der Waals surface area contributed by atoms with E-state index < -0.39 is 0 Å². The van der Waals surface area contributed by atoms with Crippen molar-refractivity contribution < 1.29 is 9.84 Å². The van der Waals surface area contributed by atoms with Crippen molar-refractivity contribution in [2.75, 3.05) is 7.11 Å². The highest BCUT2D eigenvalue weighted by Crippen LogP contribution is 2.22. The molecule has 0 radical (unpaired) electrons. The highest BCUT2D eigenvalue weighted by Gasteiger charge is 1.94. The van der Waals surface area contributed by atoms with Crippen molar-refractivity contribution in [2.45, 2.75) is 27.7 Å². The van der Waals surface area contributed by atoms with E-state index >= 15 is 0 Å². The van der Waals surface area contributed by atoms with Gasteiger partial charge in [0.05, 0.1) is 7.11 Å². The molecule has 0 heterocycles. The van der Waals surface area contributed by atoms with Gasteiger partial charge in [-0.2, -0.15) is 0 Å². The molecule has 1 aromatic rings. The summed E-state index contributed by atoms with van der Waals surface area (Å²) in [6.45, 7) is 8.00. The van der Waals surface area contributed by atoms with Gasteiger partial charge in [-0.25, -0.2) is 0 Å². The number of methoxy groups -OCH3 is 1. The summed E-state index contributed by atoms with van der Waals surface area (Å²) in [6.07, 6.45) is 0. The van der Waals surface area contributed by atoms with Gasteiger partial charge in [0.25, 0.3) is 0 Å². The van der Waals surface area contributed by atoms with Crippen LogP contribution in [0.5, 0.6) is 11.5 Å². The van der Waals surface area contributed by atoms with Crippen LogP contribution in [-0.4, -0.2) is 12.2 Å². The van der Waals surface area contributed by atoms with E-state index in [0.717, 1.165) is 0 Å². The number of rotatable bonds is 1. The summed E-state index contributed by atoms with van der Waals surface area (Å²) in [5.74, 6) is 0.692. The predicted molar refractivity (Wildman–Crippen MR) is 57.4 cm³/mol. The van der Waals surface area contributed by atoms with Crippen LogP contribution < -0.4 is 4.74 Å². The maximum atomic E-state index is 8.99. The fourth-order valence-corrected chi connectivity index (χ4v) is 0.630. The molecule has 0 aliphatic heterocycles. The van der Waals surface area contributed by atoms with Crippen molar-refractivity contribution >= 4 is 0 Å². The van der Waals surface area contributed by atoms with Crippen LogP contribution in [0.3, 0.4) is 0 Å². The van der Waals surface area contributed by atoms with Crippen molar-refractivity contribution in [3.05, 3.63) is 24.3 Å². The zero-order valence-electron chi connectivity index (χ0n) is 9.16. The molecule has 0 saturated carbocycles. The number of ether oxygens (including phenoxy) is 1. The maximum Gasteiger partial charge on any atom is 0.160 e. The molecular weight excluding hydrogens is 164 g/mol. The van der Waals surface area contributed by atoms with E-state index in [-0.39, 0.29) is 5.75 Å². The van der Waals surface area contributed by atoms with Crippen molar-refractivity contribution in [3.8, 4) is 11.5 Å². The van der Waals surface area contributed by atoms with Crippen molar-refractivity contribution in [3.63, 3.8) is 0 Å². The normalized spacial score (nSPS) is 7.15. The number of phenolic OH excluding ortho intramolecular Hbond substituents is 1. The zero-order chi connectivity index (χ0) is 10.7. The molecule has 1 rings (SSSR count). The van der Waals surface area contributed by atoms with E-state index in [9.17, 15) is 0 Å². The summed E-state index contributed by atoms with van der Waals surface area (Å²) < 4.78 is 4.79. The summed E-state index contributed by atoms with van der Waals surface area (Å²) in [4.78, 5) is 0. The van der Waals surface area contributed by atoms with Gasteiger partial charge in [-0.15, -0.1) is 0 Å².